The van der Waals surface area contributed by atoms with Crippen molar-refractivity contribution in [3.05, 3.63) is 59.0 Å². The quantitative estimate of drug-likeness (QED) is 0.726. The highest BCUT2D eigenvalue weighted by Gasteiger charge is 2.16. The molecule has 0 amide bonds. The third kappa shape index (κ3) is 3.18. The van der Waals surface area contributed by atoms with Crippen LogP contribution in [0, 0.1) is 0 Å². The minimum atomic E-state index is -0.309. The lowest BCUT2D eigenvalue weighted by Crippen LogP contribution is -2.44. The summed E-state index contributed by atoms with van der Waals surface area (Å²) >= 11 is 0. The first-order valence-electron chi connectivity index (χ1n) is 8.80. The molecule has 1 saturated heterocycles. The Hall–Kier alpha value is -2.79. The monoisotopic (exact) mass is 350 g/mol. The van der Waals surface area contributed by atoms with E-state index in [0.717, 1.165) is 48.6 Å². The second-order valence-corrected chi connectivity index (χ2v) is 6.69. The van der Waals surface area contributed by atoms with Crippen LogP contribution in [-0.2, 0) is 0 Å². The number of piperazine rings is 1. The number of methoxy groups -OCH3 is 1. The molecular weight excluding hydrogens is 328 g/mol. The van der Waals surface area contributed by atoms with Crippen molar-refractivity contribution in [2.45, 2.75) is 0 Å². The summed E-state index contributed by atoms with van der Waals surface area (Å²) in [5, 5.41) is 1.50. The van der Waals surface area contributed by atoms with Gasteiger partial charge in [0, 0.05) is 37.4 Å². The maximum absolute atomic E-state index is 12.6. The van der Waals surface area contributed by atoms with Gasteiger partial charge in [0.1, 0.15) is 11.5 Å². The summed E-state index contributed by atoms with van der Waals surface area (Å²) in [7, 11) is 3.75. The molecule has 0 bridgehead atoms. The van der Waals surface area contributed by atoms with E-state index in [0.29, 0.717) is 11.1 Å². The summed E-state index contributed by atoms with van der Waals surface area (Å²) in [6.07, 6.45) is 0. The van der Waals surface area contributed by atoms with E-state index in [2.05, 4.69) is 22.9 Å². The Morgan fingerprint density at radius 3 is 2.58 bits per heavy atom. The molecule has 3 aromatic rings. The van der Waals surface area contributed by atoms with Gasteiger partial charge in [-0.15, -0.1) is 0 Å². The number of likely N-dealkylation sites (N-methyl/N-ethyl adjacent to an activating group) is 1. The molecule has 0 saturated carbocycles. The zero-order valence-corrected chi connectivity index (χ0v) is 15.1. The van der Waals surface area contributed by atoms with Gasteiger partial charge in [-0.25, -0.2) is 4.79 Å². The number of hydrogen-bond donors (Lipinski definition) is 0. The number of hydrogen-bond acceptors (Lipinski definition) is 5. The normalized spacial score (nSPS) is 15.4. The van der Waals surface area contributed by atoms with Crippen LogP contribution >= 0.6 is 0 Å². The first-order valence-corrected chi connectivity index (χ1v) is 8.80. The Labute approximate surface area is 152 Å². The molecule has 0 spiro atoms. The third-order valence-corrected chi connectivity index (χ3v) is 4.97. The van der Waals surface area contributed by atoms with Gasteiger partial charge in [0.05, 0.1) is 12.5 Å². The molecule has 134 valence electrons. The Morgan fingerprint density at radius 2 is 1.81 bits per heavy atom. The highest BCUT2D eigenvalue weighted by atomic mass is 16.5. The summed E-state index contributed by atoms with van der Waals surface area (Å²) in [6.45, 7) is 3.99. The molecule has 0 atom stereocenters. The molecule has 1 fully saturated rings. The van der Waals surface area contributed by atoms with Gasteiger partial charge in [-0.3, -0.25) is 0 Å². The van der Waals surface area contributed by atoms with Gasteiger partial charge in [-0.2, -0.15) is 0 Å². The molecule has 0 N–H and O–H groups in total. The second kappa shape index (κ2) is 6.84. The standard InChI is InChI=1S/C21H22N2O3/c1-22-8-10-23(11-9-22)17-7-6-15-13-20(26-21(24)19(15)14-17)16-4-3-5-18(12-16)25-2/h3-7,12-14H,8-11H2,1-2H3. The van der Waals surface area contributed by atoms with Crippen LogP contribution in [0.1, 0.15) is 0 Å². The van der Waals surface area contributed by atoms with E-state index in [1.807, 2.05) is 42.5 Å². The molecule has 1 aliphatic heterocycles. The van der Waals surface area contributed by atoms with Crippen LogP contribution in [0.4, 0.5) is 5.69 Å². The van der Waals surface area contributed by atoms with E-state index in [-0.39, 0.29) is 5.63 Å². The molecule has 26 heavy (non-hydrogen) atoms. The van der Waals surface area contributed by atoms with Crippen molar-refractivity contribution in [1.82, 2.24) is 4.90 Å². The molecule has 1 aliphatic rings. The molecule has 5 heteroatoms. The van der Waals surface area contributed by atoms with E-state index in [9.17, 15) is 4.79 Å². The molecule has 4 rings (SSSR count). The number of fused-ring (bicyclic) bond motifs is 1. The van der Waals surface area contributed by atoms with E-state index in [1.165, 1.54) is 0 Å². The maximum Gasteiger partial charge on any atom is 0.344 e. The largest absolute Gasteiger partial charge is 0.497 e. The van der Waals surface area contributed by atoms with E-state index < -0.39 is 0 Å². The number of rotatable bonds is 3. The Kier molecular flexibility index (Phi) is 4.39. The SMILES string of the molecule is COc1cccc(-c2cc3ccc(N4CCN(C)CC4)cc3c(=O)o2)c1. The van der Waals surface area contributed by atoms with Crippen LogP contribution in [0.25, 0.3) is 22.1 Å². The lowest BCUT2D eigenvalue weighted by molar-refractivity contribution is 0.313. The summed E-state index contributed by atoms with van der Waals surface area (Å²) in [5.41, 5.74) is 1.59. The number of ether oxygens (including phenoxy) is 1. The molecular formula is C21H22N2O3. The van der Waals surface area contributed by atoms with E-state index in [1.54, 1.807) is 7.11 Å². The molecule has 2 heterocycles. The molecule has 0 aliphatic carbocycles. The van der Waals surface area contributed by atoms with Crippen LogP contribution < -0.4 is 15.3 Å². The highest BCUT2D eigenvalue weighted by Crippen LogP contribution is 2.27. The molecule has 5 nitrogen and oxygen atoms in total. The van der Waals surface area contributed by atoms with Crippen LogP contribution in [0.2, 0.25) is 0 Å². The minimum Gasteiger partial charge on any atom is -0.497 e. The Morgan fingerprint density at radius 1 is 1.00 bits per heavy atom. The lowest BCUT2D eigenvalue weighted by Gasteiger charge is -2.34. The number of anilines is 1. The fourth-order valence-electron chi connectivity index (χ4n) is 3.35. The van der Waals surface area contributed by atoms with Gasteiger partial charge in [-0.1, -0.05) is 18.2 Å². The van der Waals surface area contributed by atoms with Crippen LogP contribution in [-0.4, -0.2) is 45.2 Å². The van der Waals surface area contributed by atoms with Crippen LogP contribution in [0.5, 0.6) is 5.75 Å². The maximum atomic E-state index is 12.6. The average Bonchev–Trinajstić information content (AvgIpc) is 2.68. The summed E-state index contributed by atoms with van der Waals surface area (Å²) in [5.74, 6) is 1.28. The van der Waals surface area contributed by atoms with Crippen molar-refractivity contribution in [3.63, 3.8) is 0 Å². The number of nitrogens with zero attached hydrogens (tertiary/aromatic N) is 2. The van der Waals surface area contributed by atoms with E-state index >= 15 is 0 Å². The predicted octanol–water partition coefficient (Wildman–Crippen LogP) is 3.22. The van der Waals surface area contributed by atoms with Gasteiger partial charge in [0.15, 0.2) is 0 Å². The van der Waals surface area contributed by atoms with Crippen molar-refractivity contribution < 1.29 is 9.15 Å². The molecule has 2 aromatic carbocycles. The van der Waals surface area contributed by atoms with Gasteiger partial charge in [0.25, 0.3) is 0 Å². The van der Waals surface area contributed by atoms with Crippen molar-refractivity contribution in [2.75, 3.05) is 45.2 Å². The number of benzene rings is 2. The average molecular weight is 350 g/mol. The summed E-state index contributed by atoms with van der Waals surface area (Å²) in [4.78, 5) is 17.2. The van der Waals surface area contributed by atoms with Crippen molar-refractivity contribution in [1.29, 1.82) is 0 Å². The minimum absolute atomic E-state index is 0.309. The summed E-state index contributed by atoms with van der Waals surface area (Å²) in [6, 6.07) is 15.5. The first kappa shape index (κ1) is 16.7. The van der Waals surface area contributed by atoms with Crippen LogP contribution in [0.3, 0.4) is 0 Å². The van der Waals surface area contributed by atoms with Gasteiger partial charge < -0.3 is 19.0 Å². The van der Waals surface area contributed by atoms with Crippen molar-refractivity contribution >= 4 is 16.5 Å². The molecule has 1 aromatic heterocycles. The smallest absolute Gasteiger partial charge is 0.344 e. The van der Waals surface area contributed by atoms with Gasteiger partial charge in [-0.05, 0) is 42.8 Å². The zero-order chi connectivity index (χ0) is 18.1. The van der Waals surface area contributed by atoms with Crippen LogP contribution in [0.15, 0.2) is 57.7 Å². The fourth-order valence-corrected chi connectivity index (χ4v) is 3.35. The van der Waals surface area contributed by atoms with E-state index in [4.69, 9.17) is 9.15 Å². The fraction of sp³-hybridized carbons (Fsp3) is 0.286. The van der Waals surface area contributed by atoms with Crippen molar-refractivity contribution in [3.8, 4) is 17.1 Å². The van der Waals surface area contributed by atoms with Gasteiger partial charge in [0.2, 0.25) is 0 Å². The predicted molar refractivity (Wildman–Crippen MR) is 104 cm³/mol. The first-order chi connectivity index (χ1) is 12.6. The molecule has 0 unspecified atom stereocenters. The lowest BCUT2D eigenvalue weighted by atomic mass is 10.1. The van der Waals surface area contributed by atoms with Gasteiger partial charge >= 0.3 is 5.63 Å². The molecule has 0 radical (unpaired) electrons. The third-order valence-electron chi connectivity index (χ3n) is 4.97. The topological polar surface area (TPSA) is 45.9 Å². The van der Waals surface area contributed by atoms with Crippen molar-refractivity contribution in [2.24, 2.45) is 0 Å². The zero-order valence-electron chi connectivity index (χ0n) is 15.1. The highest BCUT2D eigenvalue weighted by molar-refractivity contribution is 5.87. The summed E-state index contributed by atoms with van der Waals surface area (Å²) < 4.78 is 10.9. The second-order valence-electron chi connectivity index (χ2n) is 6.69. The Bertz CT molecular complexity index is 988. The Balaban J connectivity index is 1.72.